The van der Waals surface area contributed by atoms with Crippen LogP contribution < -0.4 is 5.43 Å². The quantitative estimate of drug-likeness (QED) is 0.125. The molecule has 1 atom stereocenters. The number of esters is 1. The van der Waals surface area contributed by atoms with E-state index in [0.717, 1.165) is 5.56 Å². The Hall–Kier alpha value is -4.06. The number of rotatable bonds is 11. The molecule has 0 fully saturated rings. The Morgan fingerprint density at radius 3 is 1.86 bits per heavy atom. The predicted octanol–water partition coefficient (Wildman–Crippen LogP) is 5.47. The minimum Gasteiger partial charge on any atom is -0.453 e. The van der Waals surface area contributed by atoms with Crippen molar-refractivity contribution in [3.63, 3.8) is 0 Å². The van der Waals surface area contributed by atoms with Crippen molar-refractivity contribution in [3.8, 4) is 0 Å². The number of nitrogens with zero attached hydrogens (tertiary/aromatic N) is 3. The van der Waals surface area contributed by atoms with Crippen LogP contribution in [-0.2, 0) is 16.1 Å². The molecular weight excluding hydrogens is 464 g/mol. The highest BCUT2D eigenvalue weighted by atomic mass is 16.5. The van der Waals surface area contributed by atoms with Crippen molar-refractivity contribution >= 4 is 17.6 Å². The molecule has 0 radical (unpaired) electrons. The summed E-state index contributed by atoms with van der Waals surface area (Å²) in [5.74, 6) is -0.962. The highest BCUT2D eigenvalue weighted by molar-refractivity contribution is 6.36. The molecule has 0 aromatic heterocycles. The summed E-state index contributed by atoms with van der Waals surface area (Å²) in [5, 5.41) is 1.61. The first-order valence-corrected chi connectivity index (χ1v) is 12.5. The minimum atomic E-state index is -0.924. The zero-order valence-corrected chi connectivity index (χ0v) is 21.7. The Kier molecular flexibility index (Phi) is 9.90. The average Bonchev–Trinajstić information content (AvgIpc) is 2.91. The monoisotopic (exact) mass is 498 g/mol. The van der Waals surface area contributed by atoms with Crippen LogP contribution in [0.3, 0.4) is 0 Å². The van der Waals surface area contributed by atoms with Gasteiger partial charge in [-0.25, -0.2) is 4.79 Å². The summed E-state index contributed by atoms with van der Waals surface area (Å²) in [5.41, 5.74) is 14.9. The fourth-order valence-corrected chi connectivity index (χ4v) is 4.31. The fourth-order valence-electron chi connectivity index (χ4n) is 4.31. The lowest BCUT2D eigenvalue weighted by Crippen LogP contribution is -2.49. The van der Waals surface area contributed by atoms with Crippen LogP contribution in [0, 0.1) is 11.8 Å². The Morgan fingerprint density at radius 2 is 1.35 bits per heavy atom. The first kappa shape index (κ1) is 27.5. The summed E-state index contributed by atoms with van der Waals surface area (Å²) < 4.78 is 5.85. The van der Waals surface area contributed by atoms with E-state index in [9.17, 15) is 15.1 Å². The highest BCUT2D eigenvalue weighted by Gasteiger charge is 2.41. The summed E-state index contributed by atoms with van der Waals surface area (Å²) in [4.78, 5) is 30.1. The van der Waals surface area contributed by atoms with Gasteiger partial charge in [0.1, 0.15) is 6.10 Å². The normalized spacial score (nSPS) is 11.9. The van der Waals surface area contributed by atoms with E-state index in [1.54, 1.807) is 29.3 Å². The summed E-state index contributed by atoms with van der Waals surface area (Å²) >= 11 is 0. The van der Waals surface area contributed by atoms with Gasteiger partial charge in [-0.15, -0.1) is 0 Å². The molecule has 1 N–H and O–H groups in total. The van der Waals surface area contributed by atoms with Crippen LogP contribution in [0.15, 0.2) is 91.0 Å². The Bertz CT molecular complexity index is 1200. The maximum absolute atomic E-state index is 13.5. The molecule has 0 aliphatic heterocycles. The molecule has 0 saturated heterocycles. The van der Waals surface area contributed by atoms with E-state index >= 15 is 0 Å². The fraction of sp³-hybridized carbons (Fsp3) is 0.300. The summed E-state index contributed by atoms with van der Waals surface area (Å²) in [7, 11) is 0. The van der Waals surface area contributed by atoms with E-state index < -0.39 is 12.0 Å². The van der Waals surface area contributed by atoms with E-state index in [4.69, 9.17) is 4.74 Å². The van der Waals surface area contributed by atoms with Crippen molar-refractivity contribution in [2.45, 2.75) is 46.4 Å². The molecule has 0 spiro atoms. The molecule has 7 heteroatoms. The van der Waals surface area contributed by atoms with Gasteiger partial charge in [-0.3, -0.25) is 10.2 Å². The third kappa shape index (κ3) is 7.46. The van der Waals surface area contributed by atoms with Crippen molar-refractivity contribution in [2.24, 2.45) is 11.8 Å². The van der Waals surface area contributed by atoms with E-state index in [1.165, 1.54) is 0 Å². The average molecular weight is 499 g/mol. The maximum atomic E-state index is 13.5. The molecule has 0 aliphatic rings. The number of hydrazine groups is 1. The van der Waals surface area contributed by atoms with Gasteiger partial charge in [0, 0.05) is 12.1 Å². The van der Waals surface area contributed by atoms with Gasteiger partial charge in [-0.1, -0.05) is 107 Å². The zero-order chi connectivity index (χ0) is 26.8. The molecule has 192 valence electrons. The standard InChI is InChI=1S/C30H34N4O3/c1-21(2)28(22(3)4)37-30(36)26(32-31)27(24-16-10-6-11-17-24)34(20-23-14-8-5-9-15-23)33-29(35)25-18-12-7-13-19-25/h5-19,21-22,27-28H,20H2,1-4H3,(H,33,35)/t27-/m1/s1. The van der Waals surface area contributed by atoms with Crippen LogP contribution >= 0.6 is 0 Å². The first-order valence-electron chi connectivity index (χ1n) is 12.5. The Labute approximate surface area is 218 Å². The van der Waals surface area contributed by atoms with Crippen molar-refractivity contribution in [1.82, 2.24) is 10.4 Å². The van der Waals surface area contributed by atoms with Crippen LogP contribution in [0.1, 0.15) is 55.2 Å². The maximum Gasteiger partial charge on any atom is 0.419 e. The summed E-state index contributed by atoms with van der Waals surface area (Å²) in [6.45, 7) is 8.14. The van der Waals surface area contributed by atoms with Crippen LogP contribution in [0.25, 0.3) is 5.53 Å². The molecule has 0 saturated carbocycles. The third-order valence-corrected chi connectivity index (χ3v) is 6.04. The number of hydrogen-bond acceptors (Lipinski definition) is 4. The lowest BCUT2D eigenvalue weighted by atomic mass is 9.96. The third-order valence-electron chi connectivity index (χ3n) is 6.04. The number of amides is 1. The smallest absolute Gasteiger partial charge is 0.419 e. The highest BCUT2D eigenvalue weighted by Crippen LogP contribution is 2.25. The Morgan fingerprint density at radius 1 is 0.838 bits per heavy atom. The molecule has 0 aliphatic carbocycles. The second kappa shape index (κ2) is 13.3. The molecule has 7 nitrogen and oxygen atoms in total. The molecule has 3 aromatic rings. The van der Waals surface area contributed by atoms with E-state index in [0.29, 0.717) is 11.1 Å². The van der Waals surface area contributed by atoms with Crippen molar-refractivity contribution in [3.05, 3.63) is 113 Å². The first-order chi connectivity index (χ1) is 17.8. The molecule has 3 aromatic carbocycles. The molecule has 0 unspecified atom stereocenters. The molecule has 0 bridgehead atoms. The lowest BCUT2D eigenvalue weighted by Gasteiger charge is -2.30. The second-order valence-corrected chi connectivity index (χ2v) is 9.58. The van der Waals surface area contributed by atoms with E-state index in [2.05, 4.69) is 10.2 Å². The van der Waals surface area contributed by atoms with E-state index in [-0.39, 0.29) is 36.1 Å². The number of nitrogens with one attached hydrogen (secondary N) is 1. The molecule has 3 rings (SSSR count). The van der Waals surface area contributed by atoms with Gasteiger partial charge in [0.25, 0.3) is 5.91 Å². The van der Waals surface area contributed by atoms with Gasteiger partial charge in [0.05, 0.1) is 0 Å². The summed E-state index contributed by atoms with van der Waals surface area (Å²) in [6, 6.07) is 26.6. The zero-order valence-electron chi connectivity index (χ0n) is 21.7. The SMILES string of the molecule is CC(C)C(OC(=O)C(=[N+]=[N-])[C@@H](c1ccccc1)N(Cc1ccccc1)NC(=O)c1ccccc1)C(C)C. The van der Waals surface area contributed by atoms with Crippen molar-refractivity contribution in [2.75, 3.05) is 0 Å². The lowest BCUT2D eigenvalue weighted by molar-refractivity contribution is -0.151. The predicted molar refractivity (Wildman–Crippen MR) is 143 cm³/mol. The van der Waals surface area contributed by atoms with Crippen LogP contribution in [-0.4, -0.2) is 33.5 Å². The molecular formula is C30H34N4O3. The van der Waals surface area contributed by atoms with Crippen LogP contribution in [0.2, 0.25) is 0 Å². The summed E-state index contributed by atoms with van der Waals surface area (Å²) in [6.07, 6.45) is -0.373. The molecule has 0 heterocycles. The second-order valence-electron chi connectivity index (χ2n) is 9.58. The van der Waals surface area contributed by atoms with Crippen LogP contribution in [0.5, 0.6) is 0 Å². The Balaban J connectivity index is 2.06. The van der Waals surface area contributed by atoms with Crippen LogP contribution in [0.4, 0.5) is 0 Å². The number of carbonyl (C=O) groups is 2. The van der Waals surface area contributed by atoms with Crippen molar-refractivity contribution < 1.29 is 19.1 Å². The molecule has 1 amide bonds. The topological polar surface area (TPSA) is 95.0 Å². The van der Waals surface area contributed by atoms with Crippen molar-refractivity contribution in [1.29, 1.82) is 0 Å². The van der Waals surface area contributed by atoms with Gasteiger partial charge in [0.2, 0.25) is 0 Å². The molecule has 37 heavy (non-hydrogen) atoms. The number of ether oxygens (including phenoxy) is 1. The number of hydrogen-bond donors (Lipinski definition) is 1. The van der Waals surface area contributed by atoms with Gasteiger partial charge >= 0.3 is 11.7 Å². The number of benzene rings is 3. The number of carbonyl (C=O) groups excluding carboxylic acids is 2. The van der Waals surface area contributed by atoms with E-state index in [1.807, 2.05) is 94.4 Å². The van der Waals surface area contributed by atoms with Gasteiger partial charge in [0.15, 0.2) is 6.04 Å². The van der Waals surface area contributed by atoms with Gasteiger partial charge < -0.3 is 10.3 Å². The van der Waals surface area contributed by atoms with Gasteiger partial charge in [-0.2, -0.15) is 9.80 Å². The largest absolute Gasteiger partial charge is 0.453 e. The minimum absolute atomic E-state index is 0.0669. The van der Waals surface area contributed by atoms with Gasteiger partial charge in [-0.05, 0) is 35.1 Å².